The first-order valence-corrected chi connectivity index (χ1v) is 9.06. The van der Waals surface area contributed by atoms with Gasteiger partial charge in [0.05, 0.1) is 16.8 Å². The standard InChI is InChI=1S/C23H20N4O/c1-15-6-3-9-19(16(15)2)27-23(28)18-11-12-21(25-14-18)26-20-10-4-7-17-8-5-13-24-22(17)20/h3-14H,1-2H3,(H,25,26)(H,27,28). The molecule has 28 heavy (non-hydrogen) atoms. The molecule has 0 atom stereocenters. The third kappa shape index (κ3) is 3.55. The summed E-state index contributed by atoms with van der Waals surface area (Å²) in [5.74, 6) is 0.473. The second-order valence-corrected chi connectivity index (χ2v) is 6.64. The molecule has 138 valence electrons. The first-order chi connectivity index (χ1) is 13.6. The Hall–Kier alpha value is -3.73. The summed E-state index contributed by atoms with van der Waals surface area (Å²) in [6.07, 6.45) is 3.34. The van der Waals surface area contributed by atoms with Crippen molar-refractivity contribution >= 4 is 34.0 Å². The first-order valence-electron chi connectivity index (χ1n) is 9.06. The van der Waals surface area contributed by atoms with E-state index in [-0.39, 0.29) is 5.91 Å². The lowest BCUT2D eigenvalue weighted by molar-refractivity contribution is 0.102. The molecule has 0 saturated heterocycles. The number of aromatic nitrogens is 2. The summed E-state index contributed by atoms with van der Waals surface area (Å²) in [5, 5.41) is 7.28. The number of nitrogens with zero attached hydrogens (tertiary/aromatic N) is 2. The Morgan fingerprint density at radius 3 is 2.46 bits per heavy atom. The van der Waals surface area contributed by atoms with Gasteiger partial charge in [0.2, 0.25) is 0 Å². The van der Waals surface area contributed by atoms with Crippen LogP contribution in [0.2, 0.25) is 0 Å². The molecular weight excluding hydrogens is 348 g/mol. The maximum atomic E-state index is 12.5. The number of para-hydroxylation sites is 1. The van der Waals surface area contributed by atoms with Crippen molar-refractivity contribution in [3.05, 3.63) is 89.7 Å². The number of nitrogens with one attached hydrogen (secondary N) is 2. The average molecular weight is 368 g/mol. The maximum Gasteiger partial charge on any atom is 0.257 e. The number of fused-ring (bicyclic) bond motifs is 1. The molecular formula is C23H20N4O. The van der Waals surface area contributed by atoms with Crippen LogP contribution in [0.5, 0.6) is 0 Å². The number of rotatable bonds is 4. The second kappa shape index (κ2) is 7.48. The van der Waals surface area contributed by atoms with Crippen molar-refractivity contribution in [1.82, 2.24) is 9.97 Å². The van der Waals surface area contributed by atoms with Gasteiger partial charge in [0.1, 0.15) is 5.82 Å². The minimum absolute atomic E-state index is 0.181. The number of amides is 1. The van der Waals surface area contributed by atoms with Crippen LogP contribution in [0.1, 0.15) is 21.5 Å². The van der Waals surface area contributed by atoms with Gasteiger partial charge < -0.3 is 10.6 Å². The van der Waals surface area contributed by atoms with Crippen LogP contribution in [0.25, 0.3) is 10.9 Å². The highest BCUT2D eigenvalue weighted by Crippen LogP contribution is 2.24. The normalized spacial score (nSPS) is 10.6. The molecule has 4 rings (SSSR count). The molecule has 2 heterocycles. The van der Waals surface area contributed by atoms with Crippen molar-refractivity contribution in [2.24, 2.45) is 0 Å². The van der Waals surface area contributed by atoms with Crippen LogP contribution < -0.4 is 10.6 Å². The Balaban J connectivity index is 1.52. The summed E-state index contributed by atoms with van der Waals surface area (Å²) in [6.45, 7) is 4.02. The van der Waals surface area contributed by atoms with E-state index in [1.54, 1.807) is 24.5 Å². The molecule has 0 radical (unpaired) electrons. The van der Waals surface area contributed by atoms with Gasteiger partial charge in [-0.1, -0.05) is 30.3 Å². The first kappa shape index (κ1) is 17.7. The van der Waals surface area contributed by atoms with Crippen LogP contribution in [0.4, 0.5) is 17.2 Å². The molecule has 0 fully saturated rings. The number of benzene rings is 2. The Morgan fingerprint density at radius 2 is 1.64 bits per heavy atom. The van der Waals surface area contributed by atoms with E-state index >= 15 is 0 Å². The molecule has 1 amide bonds. The van der Waals surface area contributed by atoms with E-state index in [0.717, 1.165) is 33.4 Å². The van der Waals surface area contributed by atoms with E-state index < -0.39 is 0 Å². The lowest BCUT2D eigenvalue weighted by Gasteiger charge is -2.11. The highest BCUT2D eigenvalue weighted by Gasteiger charge is 2.10. The van der Waals surface area contributed by atoms with Gasteiger partial charge in [-0.05, 0) is 55.3 Å². The lowest BCUT2D eigenvalue weighted by atomic mass is 10.1. The highest BCUT2D eigenvalue weighted by atomic mass is 16.1. The van der Waals surface area contributed by atoms with E-state index in [1.165, 1.54) is 0 Å². The Morgan fingerprint density at radius 1 is 0.857 bits per heavy atom. The van der Waals surface area contributed by atoms with Gasteiger partial charge in [0.15, 0.2) is 0 Å². The molecule has 0 bridgehead atoms. The molecule has 0 aliphatic rings. The maximum absolute atomic E-state index is 12.5. The second-order valence-electron chi connectivity index (χ2n) is 6.64. The Labute approximate surface area is 163 Å². The summed E-state index contributed by atoms with van der Waals surface area (Å²) in [7, 11) is 0. The minimum Gasteiger partial charge on any atom is -0.338 e. The molecule has 2 aromatic carbocycles. The summed E-state index contributed by atoms with van der Waals surface area (Å²) >= 11 is 0. The van der Waals surface area contributed by atoms with Gasteiger partial charge in [-0.2, -0.15) is 0 Å². The van der Waals surface area contributed by atoms with Crippen LogP contribution in [-0.2, 0) is 0 Å². The number of hydrogen-bond acceptors (Lipinski definition) is 4. The number of hydrogen-bond donors (Lipinski definition) is 2. The summed E-state index contributed by atoms with van der Waals surface area (Å²) in [4.78, 5) is 21.4. The van der Waals surface area contributed by atoms with Crippen molar-refractivity contribution in [1.29, 1.82) is 0 Å². The summed E-state index contributed by atoms with van der Waals surface area (Å²) < 4.78 is 0. The topological polar surface area (TPSA) is 66.9 Å². The molecule has 2 N–H and O–H groups in total. The van der Waals surface area contributed by atoms with Gasteiger partial charge in [-0.25, -0.2) is 4.98 Å². The molecule has 4 aromatic rings. The van der Waals surface area contributed by atoms with Crippen LogP contribution in [-0.4, -0.2) is 15.9 Å². The van der Waals surface area contributed by atoms with Crippen molar-refractivity contribution in [3.63, 3.8) is 0 Å². The monoisotopic (exact) mass is 368 g/mol. The molecule has 2 aromatic heterocycles. The number of aryl methyl sites for hydroxylation is 1. The van der Waals surface area contributed by atoms with Crippen molar-refractivity contribution in [2.45, 2.75) is 13.8 Å². The van der Waals surface area contributed by atoms with Gasteiger partial charge in [-0.15, -0.1) is 0 Å². The smallest absolute Gasteiger partial charge is 0.257 e. The third-order valence-electron chi connectivity index (χ3n) is 4.77. The quantitative estimate of drug-likeness (QED) is 0.517. The van der Waals surface area contributed by atoms with E-state index in [1.807, 2.05) is 62.4 Å². The zero-order chi connectivity index (χ0) is 19.5. The molecule has 0 spiro atoms. The molecule has 5 nitrogen and oxygen atoms in total. The number of pyridine rings is 2. The molecule has 0 aliphatic heterocycles. The number of anilines is 3. The lowest BCUT2D eigenvalue weighted by Crippen LogP contribution is -2.13. The minimum atomic E-state index is -0.181. The van der Waals surface area contributed by atoms with Crippen LogP contribution >= 0.6 is 0 Å². The fourth-order valence-corrected chi connectivity index (χ4v) is 3.03. The van der Waals surface area contributed by atoms with Gasteiger partial charge in [-0.3, -0.25) is 9.78 Å². The van der Waals surface area contributed by atoms with Gasteiger partial charge >= 0.3 is 0 Å². The zero-order valence-corrected chi connectivity index (χ0v) is 15.7. The summed E-state index contributed by atoms with van der Waals surface area (Å²) in [5.41, 5.74) is 5.27. The van der Waals surface area contributed by atoms with Gasteiger partial charge in [0.25, 0.3) is 5.91 Å². The number of carbonyl (C=O) groups is 1. The van der Waals surface area contributed by atoms with Crippen LogP contribution in [0, 0.1) is 13.8 Å². The molecule has 0 unspecified atom stereocenters. The molecule has 0 aliphatic carbocycles. The predicted octanol–water partition coefficient (Wildman–Crippen LogP) is 5.24. The van der Waals surface area contributed by atoms with E-state index in [2.05, 4.69) is 20.6 Å². The highest BCUT2D eigenvalue weighted by molar-refractivity contribution is 6.04. The van der Waals surface area contributed by atoms with Crippen LogP contribution in [0.15, 0.2) is 73.1 Å². The largest absolute Gasteiger partial charge is 0.338 e. The van der Waals surface area contributed by atoms with E-state index in [4.69, 9.17) is 0 Å². The van der Waals surface area contributed by atoms with Crippen molar-refractivity contribution in [2.75, 3.05) is 10.6 Å². The van der Waals surface area contributed by atoms with E-state index in [0.29, 0.717) is 11.4 Å². The van der Waals surface area contributed by atoms with Crippen molar-refractivity contribution in [3.8, 4) is 0 Å². The SMILES string of the molecule is Cc1cccc(NC(=O)c2ccc(Nc3cccc4cccnc34)nc2)c1C. The predicted molar refractivity (Wildman–Crippen MR) is 113 cm³/mol. The van der Waals surface area contributed by atoms with Crippen LogP contribution in [0.3, 0.4) is 0 Å². The molecule has 5 heteroatoms. The number of carbonyl (C=O) groups excluding carboxylic acids is 1. The Bertz CT molecular complexity index is 1150. The zero-order valence-electron chi connectivity index (χ0n) is 15.7. The van der Waals surface area contributed by atoms with Gasteiger partial charge in [0, 0.05) is 23.5 Å². The third-order valence-corrected chi connectivity index (χ3v) is 4.77. The fourth-order valence-electron chi connectivity index (χ4n) is 3.03. The van der Waals surface area contributed by atoms with Crippen molar-refractivity contribution < 1.29 is 4.79 Å². The average Bonchev–Trinajstić information content (AvgIpc) is 2.72. The summed E-state index contributed by atoms with van der Waals surface area (Å²) in [6, 6.07) is 19.3. The van der Waals surface area contributed by atoms with E-state index in [9.17, 15) is 4.79 Å². The Kier molecular flexibility index (Phi) is 4.72. The molecule has 0 saturated carbocycles. The fraction of sp³-hybridized carbons (Fsp3) is 0.0870.